The molecule has 6 nitrogen and oxygen atoms in total. The molecule has 25 heavy (non-hydrogen) atoms. The molecular weight excluding hydrogens is 336 g/mol. The average Bonchev–Trinajstić information content (AvgIpc) is 3.04. The summed E-state index contributed by atoms with van der Waals surface area (Å²) >= 11 is 6.18. The Morgan fingerprint density at radius 3 is 2.40 bits per heavy atom. The Morgan fingerprint density at radius 1 is 1.24 bits per heavy atom. The Hall–Kier alpha value is -3.14. The number of nitriles is 3. The summed E-state index contributed by atoms with van der Waals surface area (Å²) in [5.41, 5.74) is 1.94. The van der Waals surface area contributed by atoms with Crippen LogP contribution in [0.2, 0.25) is 5.02 Å². The normalized spacial score (nSPS) is 12.7. The van der Waals surface area contributed by atoms with E-state index in [2.05, 4.69) is 11.2 Å². The van der Waals surface area contributed by atoms with E-state index >= 15 is 0 Å². The SMILES string of the molecule is Cc1ccc(C(C(C#N)C#N)C(C#N)C(=N)c2cnn(C)c2)cc1Cl. The number of nitrogens with zero attached hydrogens (tertiary/aromatic N) is 5. The van der Waals surface area contributed by atoms with E-state index in [-0.39, 0.29) is 5.71 Å². The molecule has 2 unspecified atom stereocenters. The van der Waals surface area contributed by atoms with Crippen molar-refractivity contribution >= 4 is 17.3 Å². The summed E-state index contributed by atoms with van der Waals surface area (Å²) in [7, 11) is 1.71. The maximum atomic E-state index is 9.69. The van der Waals surface area contributed by atoms with Crippen molar-refractivity contribution in [1.82, 2.24) is 9.78 Å². The second kappa shape index (κ2) is 7.62. The molecule has 7 heteroatoms. The molecule has 124 valence electrons. The van der Waals surface area contributed by atoms with E-state index < -0.39 is 17.8 Å². The molecule has 0 saturated heterocycles. The van der Waals surface area contributed by atoms with E-state index in [0.29, 0.717) is 16.1 Å². The first-order valence-corrected chi connectivity index (χ1v) is 7.83. The average molecular weight is 351 g/mol. The number of hydrogen-bond acceptors (Lipinski definition) is 5. The van der Waals surface area contributed by atoms with E-state index in [0.717, 1.165) is 5.56 Å². The quantitative estimate of drug-likeness (QED) is 0.833. The monoisotopic (exact) mass is 350 g/mol. The molecule has 1 N–H and O–H groups in total. The van der Waals surface area contributed by atoms with Gasteiger partial charge in [0.25, 0.3) is 0 Å². The molecule has 0 spiro atoms. The molecule has 2 atom stereocenters. The predicted molar refractivity (Wildman–Crippen MR) is 92.8 cm³/mol. The van der Waals surface area contributed by atoms with E-state index in [1.165, 1.54) is 10.9 Å². The highest BCUT2D eigenvalue weighted by molar-refractivity contribution is 6.31. The largest absolute Gasteiger partial charge is 0.303 e. The van der Waals surface area contributed by atoms with Gasteiger partial charge in [-0.05, 0) is 24.1 Å². The summed E-state index contributed by atoms with van der Waals surface area (Å²) in [6, 6.07) is 11.1. The first-order valence-electron chi connectivity index (χ1n) is 7.45. The van der Waals surface area contributed by atoms with E-state index in [4.69, 9.17) is 17.0 Å². The fraction of sp³-hybridized carbons (Fsp3) is 0.278. The van der Waals surface area contributed by atoms with Gasteiger partial charge < -0.3 is 5.41 Å². The van der Waals surface area contributed by atoms with Crippen molar-refractivity contribution in [1.29, 1.82) is 21.2 Å². The van der Waals surface area contributed by atoms with Crippen molar-refractivity contribution < 1.29 is 0 Å². The third-order valence-corrected chi connectivity index (χ3v) is 4.45. The number of benzene rings is 1. The zero-order valence-electron chi connectivity index (χ0n) is 13.7. The van der Waals surface area contributed by atoms with Crippen LogP contribution in [0.5, 0.6) is 0 Å². The fourth-order valence-electron chi connectivity index (χ4n) is 2.65. The van der Waals surface area contributed by atoms with Gasteiger partial charge in [-0.3, -0.25) is 4.68 Å². The van der Waals surface area contributed by atoms with Crippen LogP contribution in [0.15, 0.2) is 30.6 Å². The molecule has 0 radical (unpaired) electrons. The molecule has 1 aromatic heterocycles. The van der Waals surface area contributed by atoms with Crippen molar-refractivity contribution in [2.24, 2.45) is 18.9 Å². The van der Waals surface area contributed by atoms with E-state index in [1.807, 2.05) is 19.1 Å². The molecule has 2 aromatic rings. The van der Waals surface area contributed by atoms with Crippen molar-refractivity contribution in [3.63, 3.8) is 0 Å². The standard InChI is InChI=1S/C18H15ClN6/c1-11-3-4-12(5-16(11)19)17(13(6-20)7-21)15(8-22)18(23)14-9-24-25(2)10-14/h3-5,9-10,13,15,17,23H,1-2H3. The van der Waals surface area contributed by atoms with Gasteiger partial charge in [0.05, 0.1) is 36.0 Å². The zero-order chi connectivity index (χ0) is 18.6. The number of aryl methyl sites for hydroxylation is 2. The number of nitrogens with one attached hydrogen (secondary N) is 1. The van der Waals surface area contributed by atoms with Gasteiger partial charge in [0.1, 0.15) is 5.92 Å². The summed E-state index contributed by atoms with van der Waals surface area (Å²) in [4.78, 5) is 0. The van der Waals surface area contributed by atoms with Crippen molar-refractivity contribution in [2.75, 3.05) is 0 Å². The lowest BCUT2D eigenvalue weighted by Gasteiger charge is -2.24. The molecule has 0 saturated carbocycles. The van der Waals surface area contributed by atoms with Gasteiger partial charge in [0.15, 0.2) is 0 Å². The summed E-state index contributed by atoms with van der Waals surface area (Å²) in [6.07, 6.45) is 3.11. The Balaban J connectivity index is 2.55. The van der Waals surface area contributed by atoms with Gasteiger partial charge in [-0.25, -0.2) is 0 Å². The Morgan fingerprint density at radius 2 is 1.92 bits per heavy atom. The molecule has 1 aromatic carbocycles. The Kier molecular flexibility index (Phi) is 5.55. The predicted octanol–water partition coefficient (Wildman–Crippen LogP) is 3.34. The maximum Gasteiger partial charge on any atom is 0.141 e. The number of rotatable bonds is 5. The summed E-state index contributed by atoms with van der Waals surface area (Å²) in [5, 5.41) is 41.3. The van der Waals surface area contributed by atoms with Gasteiger partial charge in [0, 0.05) is 29.7 Å². The highest BCUT2D eigenvalue weighted by Crippen LogP contribution is 2.35. The van der Waals surface area contributed by atoms with Gasteiger partial charge in [-0.15, -0.1) is 0 Å². The van der Waals surface area contributed by atoms with Gasteiger partial charge in [-0.1, -0.05) is 23.7 Å². The van der Waals surface area contributed by atoms with Crippen LogP contribution in [0.25, 0.3) is 0 Å². The van der Waals surface area contributed by atoms with Gasteiger partial charge in [-0.2, -0.15) is 20.9 Å². The number of halogens is 1. The van der Waals surface area contributed by atoms with Crippen LogP contribution >= 0.6 is 11.6 Å². The van der Waals surface area contributed by atoms with Crippen molar-refractivity contribution in [3.8, 4) is 18.2 Å². The third kappa shape index (κ3) is 3.69. The maximum absolute atomic E-state index is 9.69. The topological polar surface area (TPSA) is 113 Å². The minimum atomic E-state index is -1.08. The Labute approximate surface area is 151 Å². The van der Waals surface area contributed by atoms with Gasteiger partial charge >= 0.3 is 0 Å². The van der Waals surface area contributed by atoms with E-state index in [9.17, 15) is 15.8 Å². The van der Waals surface area contributed by atoms with Crippen molar-refractivity contribution in [3.05, 3.63) is 52.3 Å². The second-order valence-corrected chi connectivity index (χ2v) is 6.10. The molecule has 0 aliphatic rings. The van der Waals surface area contributed by atoms with Crippen LogP contribution in [0.1, 0.15) is 22.6 Å². The number of aromatic nitrogens is 2. The summed E-state index contributed by atoms with van der Waals surface area (Å²) in [5.74, 6) is -2.85. The van der Waals surface area contributed by atoms with Crippen LogP contribution in [-0.4, -0.2) is 15.5 Å². The molecule has 2 rings (SSSR count). The highest BCUT2D eigenvalue weighted by Gasteiger charge is 2.35. The van der Waals surface area contributed by atoms with Crippen molar-refractivity contribution in [2.45, 2.75) is 12.8 Å². The highest BCUT2D eigenvalue weighted by atomic mass is 35.5. The molecule has 0 amide bonds. The minimum Gasteiger partial charge on any atom is -0.303 e. The molecule has 0 aliphatic carbocycles. The van der Waals surface area contributed by atoms with Crippen LogP contribution in [-0.2, 0) is 7.05 Å². The molecule has 0 aliphatic heterocycles. The third-order valence-electron chi connectivity index (χ3n) is 4.04. The number of hydrogen-bond donors (Lipinski definition) is 1. The van der Waals surface area contributed by atoms with Gasteiger partial charge in [0.2, 0.25) is 0 Å². The van der Waals surface area contributed by atoms with Crippen LogP contribution in [0.4, 0.5) is 0 Å². The minimum absolute atomic E-state index is 0.0211. The van der Waals surface area contributed by atoms with Crippen LogP contribution in [0, 0.1) is 58.2 Å². The van der Waals surface area contributed by atoms with Crippen LogP contribution < -0.4 is 0 Å². The lowest BCUT2D eigenvalue weighted by atomic mass is 9.75. The summed E-state index contributed by atoms with van der Waals surface area (Å²) in [6.45, 7) is 1.84. The first-order chi connectivity index (χ1) is 11.9. The first kappa shape index (κ1) is 18.2. The molecule has 0 fully saturated rings. The molecule has 1 heterocycles. The fourth-order valence-corrected chi connectivity index (χ4v) is 2.84. The molecular formula is C18H15ClN6. The molecule has 0 bridgehead atoms. The smallest absolute Gasteiger partial charge is 0.141 e. The lowest BCUT2D eigenvalue weighted by Crippen LogP contribution is -2.26. The zero-order valence-corrected chi connectivity index (χ0v) is 14.5. The second-order valence-electron chi connectivity index (χ2n) is 5.69. The lowest BCUT2D eigenvalue weighted by molar-refractivity contribution is 0.560. The summed E-state index contributed by atoms with van der Waals surface area (Å²) < 4.78 is 1.53. The van der Waals surface area contributed by atoms with E-state index in [1.54, 1.807) is 31.4 Å². The van der Waals surface area contributed by atoms with Crippen LogP contribution in [0.3, 0.4) is 0 Å². The Bertz CT molecular complexity index is 910.